The predicted molar refractivity (Wildman–Crippen MR) is 88.4 cm³/mol. The van der Waals surface area contributed by atoms with Crippen molar-refractivity contribution >= 4 is 24.2 Å². The zero-order chi connectivity index (χ0) is 17.0. The Kier molecular flexibility index (Phi) is 3.80. The Morgan fingerprint density at radius 2 is 1.78 bits per heavy atom. The molecule has 0 N–H and O–H groups in total. The van der Waals surface area contributed by atoms with Gasteiger partial charge >= 0.3 is 7.12 Å². The molecule has 2 saturated heterocycles. The van der Waals surface area contributed by atoms with Gasteiger partial charge in [-0.2, -0.15) is 0 Å². The van der Waals surface area contributed by atoms with Crippen molar-refractivity contribution in [3.05, 3.63) is 23.5 Å². The average Bonchev–Trinajstić information content (AvgIpc) is 2.93. The molecule has 4 nitrogen and oxygen atoms in total. The van der Waals surface area contributed by atoms with Crippen LogP contribution in [0.2, 0.25) is 0 Å². The second-order valence-electron chi connectivity index (χ2n) is 7.40. The monoisotopic (exact) mass is 319 g/mol. The lowest BCUT2D eigenvalue weighted by Crippen LogP contribution is -2.41. The van der Waals surface area contributed by atoms with E-state index < -0.39 is 24.1 Å². The van der Waals surface area contributed by atoms with E-state index in [9.17, 15) is 9.18 Å². The lowest BCUT2D eigenvalue weighted by molar-refractivity contribution is -0.117. The van der Waals surface area contributed by atoms with Gasteiger partial charge in [-0.3, -0.25) is 4.79 Å². The number of benzene rings is 1. The fourth-order valence-corrected chi connectivity index (χ4v) is 3.04. The van der Waals surface area contributed by atoms with E-state index in [1.54, 1.807) is 11.0 Å². The van der Waals surface area contributed by atoms with Gasteiger partial charge in [-0.05, 0) is 52.7 Å². The van der Waals surface area contributed by atoms with E-state index in [4.69, 9.17) is 9.31 Å². The molecule has 6 heteroatoms. The summed E-state index contributed by atoms with van der Waals surface area (Å²) in [5, 5.41) is 0. The third-order valence-electron chi connectivity index (χ3n) is 5.19. The number of hydrogen-bond acceptors (Lipinski definition) is 3. The molecule has 2 fully saturated rings. The summed E-state index contributed by atoms with van der Waals surface area (Å²) < 4.78 is 26.5. The number of aryl methyl sites for hydroxylation is 1. The quantitative estimate of drug-likeness (QED) is 0.787. The molecule has 0 aromatic heterocycles. The van der Waals surface area contributed by atoms with Crippen LogP contribution in [-0.4, -0.2) is 30.8 Å². The first-order valence-corrected chi connectivity index (χ1v) is 8.08. The summed E-state index contributed by atoms with van der Waals surface area (Å²) in [7, 11) is -0.734. The van der Waals surface area contributed by atoms with Crippen molar-refractivity contribution in [2.24, 2.45) is 0 Å². The number of carbonyl (C=O) groups is 1. The highest BCUT2D eigenvalue weighted by atomic mass is 19.1. The molecule has 1 aromatic rings. The van der Waals surface area contributed by atoms with E-state index in [0.29, 0.717) is 24.1 Å². The third-order valence-corrected chi connectivity index (χ3v) is 5.19. The Balaban J connectivity index is 1.94. The minimum atomic E-state index is -0.734. The Labute approximate surface area is 137 Å². The molecule has 23 heavy (non-hydrogen) atoms. The van der Waals surface area contributed by atoms with Gasteiger partial charge in [0.05, 0.1) is 11.2 Å². The molecule has 1 amide bonds. The molecule has 0 aliphatic carbocycles. The van der Waals surface area contributed by atoms with Crippen LogP contribution in [-0.2, 0) is 14.1 Å². The highest BCUT2D eigenvalue weighted by Crippen LogP contribution is 2.37. The van der Waals surface area contributed by atoms with Crippen LogP contribution in [0.15, 0.2) is 12.1 Å². The number of carbonyl (C=O) groups excluding carboxylic acids is 1. The lowest BCUT2D eigenvalue weighted by atomic mass is 9.77. The molecule has 1 aromatic carbocycles. The normalized spacial score (nSPS) is 23.0. The molecule has 0 radical (unpaired) electrons. The summed E-state index contributed by atoms with van der Waals surface area (Å²) in [4.78, 5) is 13.6. The largest absolute Gasteiger partial charge is 0.497 e. The van der Waals surface area contributed by atoms with Crippen molar-refractivity contribution in [1.29, 1.82) is 0 Å². The highest BCUT2D eigenvalue weighted by Gasteiger charge is 2.52. The summed E-state index contributed by atoms with van der Waals surface area (Å²) in [6.07, 6.45) is 1.35. The zero-order valence-electron chi connectivity index (χ0n) is 14.4. The molecule has 0 spiro atoms. The van der Waals surface area contributed by atoms with Crippen molar-refractivity contribution in [3.8, 4) is 0 Å². The van der Waals surface area contributed by atoms with Gasteiger partial charge in [0.2, 0.25) is 5.91 Å². The van der Waals surface area contributed by atoms with Crippen molar-refractivity contribution in [1.82, 2.24) is 0 Å². The average molecular weight is 319 g/mol. The topological polar surface area (TPSA) is 38.8 Å². The summed E-state index contributed by atoms with van der Waals surface area (Å²) in [5.41, 5.74) is 0.858. The van der Waals surface area contributed by atoms with Crippen LogP contribution < -0.4 is 10.4 Å². The maximum absolute atomic E-state index is 14.7. The standard InChI is InChI=1S/C17H23BFNO3/c1-11-9-12(18-22-16(2,3)17(4,5)23-18)13(19)10-14(11)20-8-6-7-15(20)21/h9-10H,6-8H2,1-5H3. The van der Waals surface area contributed by atoms with Crippen LogP contribution in [0.3, 0.4) is 0 Å². The molecule has 2 aliphatic rings. The lowest BCUT2D eigenvalue weighted by Gasteiger charge is -2.32. The van der Waals surface area contributed by atoms with Gasteiger partial charge in [0.25, 0.3) is 0 Å². The molecule has 0 saturated carbocycles. The van der Waals surface area contributed by atoms with E-state index in [1.807, 2.05) is 34.6 Å². The zero-order valence-corrected chi connectivity index (χ0v) is 14.4. The van der Waals surface area contributed by atoms with Crippen LogP contribution in [0.5, 0.6) is 0 Å². The molecule has 124 valence electrons. The predicted octanol–water partition coefficient (Wildman–Crippen LogP) is 2.56. The molecule has 0 unspecified atom stereocenters. The highest BCUT2D eigenvalue weighted by molar-refractivity contribution is 6.62. The van der Waals surface area contributed by atoms with Gasteiger partial charge < -0.3 is 14.2 Å². The third kappa shape index (κ3) is 2.68. The van der Waals surface area contributed by atoms with Crippen molar-refractivity contribution in [2.45, 2.75) is 58.7 Å². The van der Waals surface area contributed by atoms with E-state index in [-0.39, 0.29) is 5.91 Å². The van der Waals surface area contributed by atoms with Gasteiger partial charge in [0, 0.05) is 24.1 Å². The first-order valence-electron chi connectivity index (χ1n) is 8.08. The molecule has 0 bridgehead atoms. The Bertz CT molecular complexity index is 643. The van der Waals surface area contributed by atoms with E-state index >= 15 is 0 Å². The van der Waals surface area contributed by atoms with E-state index in [2.05, 4.69) is 0 Å². The molecular weight excluding hydrogens is 296 g/mol. The number of rotatable bonds is 2. The minimum Gasteiger partial charge on any atom is -0.399 e. The van der Waals surface area contributed by atoms with Crippen LogP contribution in [0, 0.1) is 12.7 Å². The van der Waals surface area contributed by atoms with E-state index in [0.717, 1.165) is 12.0 Å². The van der Waals surface area contributed by atoms with Gasteiger partial charge in [-0.1, -0.05) is 6.07 Å². The van der Waals surface area contributed by atoms with Crippen molar-refractivity contribution in [3.63, 3.8) is 0 Å². The smallest absolute Gasteiger partial charge is 0.399 e. The van der Waals surface area contributed by atoms with Gasteiger partial charge in [0.1, 0.15) is 5.82 Å². The summed E-state index contributed by atoms with van der Waals surface area (Å²) in [6, 6.07) is 3.16. The Morgan fingerprint density at radius 1 is 1.17 bits per heavy atom. The molecule has 0 atom stereocenters. The number of anilines is 1. The first kappa shape index (κ1) is 16.5. The van der Waals surface area contributed by atoms with Crippen LogP contribution in [0.4, 0.5) is 10.1 Å². The van der Waals surface area contributed by atoms with Gasteiger partial charge in [0.15, 0.2) is 0 Å². The number of nitrogens with zero attached hydrogens (tertiary/aromatic N) is 1. The van der Waals surface area contributed by atoms with Gasteiger partial charge in [-0.15, -0.1) is 0 Å². The SMILES string of the molecule is Cc1cc(B2OC(C)(C)C(C)(C)O2)c(F)cc1N1CCCC1=O. The van der Waals surface area contributed by atoms with Gasteiger partial charge in [-0.25, -0.2) is 4.39 Å². The molecular formula is C17H23BFNO3. The number of amides is 1. The van der Waals surface area contributed by atoms with Crippen molar-refractivity contribution < 1.29 is 18.5 Å². The molecule has 2 aliphatic heterocycles. The van der Waals surface area contributed by atoms with Crippen LogP contribution >= 0.6 is 0 Å². The maximum atomic E-state index is 14.7. The van der Waals surface area contributed by atoms with Crippen molar-refractivity contribution in [2.75, 3.05) is 11.4 Å². The number of halogens is 1. The first-order chi connectivity index (χ1) is 10.6. The summed E-state index contributed by atoms with van der Waals surface area (Å²) >= 11 is 0. The van der Waals surface area contributed by atoms with E-state index in [1.165, 1.54) is 6.07 Å². The van der Waals surface area contributed by atoms with Crippen LogP contribution in [0.25, 0.3) is 0 Å². The summed E-state index contributed by atoms with van der Waals surface area (Å²) in [5.74, 6) is -0.348. The molecule has 2 heterocycles. The second-order valence-corrected chi connectivity index (χ2v) is 7.40. The Morgan fingerprint density at radius 3 is 2.30 bits per heavy atom. The maximum Gasteiger partial charge on any atom is 0.497 e. The fourth-order valence-electron chi connectivity index (χ4n) is 3.04. The second kappa shape index (κ2) is 5.31. The summed E-state index contributed by atoms with van der Waals surface area (Å²) in [6.45, 7) is 10.3. The Hall–Kier alpha value is -1.40. The fraction of sp³-hybridized carbons (Fsp3) is 0.588. The number of hydrogen-bond donors (Lipinski definition) is 0. The molecule has 3 rings (SSSR count). The minimum absolute atomic E-state index is 0.0517. The van der Waals surface area contributed by atoms with Crippen LogP contribution in [0.1, 0.15) is 46.1 Å².